The zero-order chi connectivity index (χ0) is 12.8. The lowest BCUT2D eigenvalue weighted by atomic mass is 9.86. The van der Waals surface area contributed by atoms with Gasteiger partial charge in [-0.25, -0.2) is 0 Å². The lowest BCUT2D eigenvalue weighted by molar-refractivity contribution is 0.318. The van der Waals surface area contributed by atoms with Gasteiger partial charge in [0.15, 0.2) is 0 Å². The Balaban J connectivity index is 1.61. The first-order valence-electron chi connectivity index (χ1n) is 7.07. The molecule has 1 N–H and O–H groups in total. The normalized spacial score (nSPS) is 15.9. The average molecular weight is 263 g/mol. The Labute approximate surface area is 116 Å². The van der Waals surface area contributed by atoms with Gasteiger partial charge in [-0.15, -0.1) is 11.8 Å². The second-order valence-corrected chi connectivity index (χ2v) is 7.22. The van der Waals surface area contributed by atoms with E-state index in [2.05, 4.69) is 49.5 Å². The molecule has 1 fully saturated rings. The van der Waals surface area contributed by atoms with E-state index in [1.54, 1.807) is 0 Å². The third-order valence-electron chi connectivity index (χ3n) is 3.60. The van der Waals surface area contributed by atoms with Crippen LogP contribution < -0.4 is 5.32 Å². The van der Waals surface area contributed by atoms with E-state index in [0.717, 1.165) is 6.04 Å². The zero-order valence-electron chi connectivity index (χ0n) is 11.6. The Morgan fingerprint density at radius 2 is 1.89 bits per heavy atom. The minimum atomic E-state index is 0.462. The third-order valence-corrected chi connectivity index (χ3v) is 4.62. The molecule has 1 aliphatic rings. The Morgan fingerprint density at radius 3 is 2.56 bits per heavy atom. The van der Waals surface area contributed by atoms with Crippen molar-refractivity contribution in [3.05, 3.63) is 30.3 Å². The van der Waals surface area contributed by atoms with Crippen LogP contribution in [0.15, 0.2) is 35.2 Å². The van der Waals surface area contributed by atoms with Gasteiger partial charge in [0.2, 0.25) is 0 Å². The molecule has 1 aromatic rings. The summed E-state index contributed by atoms with van der Waals surface area (Å²) in [6.45, 7) is 5.98. The first kappa shape index (κ1) is 14.0. The van der Waals surface area contributed by atoms with Crippen LogP contribution in [-0.4, -0.2) is 18.3 Å². The van der Waals surface area contributed by atoms with Gasteiger partial charge in [0.25, 0.3) is 0 Å². The molecule has 1 aromatic carbocycles. The Morgan fingerprint density at radius 1 is 1.17 bits per heavy atom. The predicted molar refractivity (Wildman–Crippen MR) is 81.2 cm³/mol. The molecule has 0 radical (unpaired) electrons. The smallest absolute Gasteiger partial charge is 0.00719 e. The van der Waals surface area contributed by atoms with Crippen molar-refractivity contribution in [2.75, 3.05) is 12.3 Å². The van der Waals surface area contributed by atoms with Crippen molar-refractivity contribution in [1.82, 2.24) is 5.32 Å². The molecule has 0 unspecified atom stereocenters. The molecule has 0 bridgehead atoms. The molecule has 18 heavy (non-hydrogen) atoms. The molecule has 1 aliphatic carbocycles. The van der Waals surface area contributed by atoms with Crippen LogP contribution in [0, 0.1) is 5.41 Å². The standard InChI is InChI=1S/C16H25NS/c1-16(2,10-12-17-14-8-9-14)11-13-18-15-6-4-3-5-7-15/h3-7,14,17H,8-13H2,1-2H3. The zero-order valence-corrected chi connectivity index (χ0v) is 12.4. The fraction of sp³-hybridized carbons (Fsp3) is 0.625. The highest BCUT2D eigenvalue weighted by molar-refractivity contribution is 7.99. The maximum atomic E-state index is 3.61. The van der Waals surface area contributed by atoms with E-state index in [1.807, 2.05) is 11.8 Å². The topological polar surface area (TPSA) is 12.0 Å². The fourth-order valence-corrected chi connectivity index (χ4v) is 3.23. The molecule has 1 saturated carbocycles. The van der Waals surface area contributed by atoms with Gasteiger partial charge in [0, 0.05) is 10.9 Å². The van der Waals surface area contributed by atoms with Crippen molar-refractivity contribution in [1.29, 1.82) is 0 Å². The van der Waals surface area contributed by atoms with Gasteiger partial charge in [0.1, 0.15) is 0 Å². The first-order valence-corrected chi connectivity index (χ1v) is 8.05. The monoisotopic (exact) mass is 263 g/mol. The van der Waals surface area contributed by atoms with Crippen LogP contribution in [0.25, 0.3) is 0 Å². The second kappa shape index (κ2) is 6.63. The van der Waals surface area contributed by atoms with Crippen molar-refractivity contribution < 1.29 is 0 Å². The van der Waals surface area contributed by atoms with Crippen molar-refractivity contribution in [2.45, 2.75) is 50.5 Å². The molecule has 0 saturated heterocycles. The van der Waals surface area contributed by atoms with Crippen LogP contribution in [0.1, 0.15) is 39.5 Å². The van der Waals surface area contributed by atoms with Gasteiger partial charge in [-0.2, -0.15) is 0 Å². The van der Waals surface area contributed by atoms with E-state index < -0.39 is 0 Å². The molecule has 0 aromatic heterocycles. The van der Waals surface area contributed by atoms with Crippen LogP contribution in [0.3, 0.4) is 0 Å². The van der Waals surface area contributed by atoms with Crippen LogP contribution in [-0.2, 0) is 0 Å². The Bertz CT molecular complexity index is 343. The van der Waals surface area contributed by atoms with Crippen LogP contribution in [0.5, 0.6) is 0 Å². The van der Waals surface area contributed by atoms with Gasteiger partial charge in [0.05, 0.1) is 0 Å². The molecular weight excluding hydrogens is 238 g/mol. The molecule has 0 heterocycles. The number of hydrogen-bond donors (Lipinski definition) is 1. The van der Waals surface area contributed by atoms with E-state index in [4.69, 9.17) is 0 Å². The summed E-state index contributed by atoms with van der Waals surface area (Å²) in [6.07, 6.45) is 5.37. The van der Waals surface area contributed by atoms with Crippen molar-refractivity contribution in [3.63, 3.8) is 0 Å². The van der Waals surface area contributed by atoms with Gasteiger partial charge in [-0.05, 0) is 55.5 Å². The molecule has 2 rings (SSSR count). The van der Waals surface area contributed by atoms with Crippen molar-refractivity contribution in [3.8, 4) is 0 Å². The Hall–Kier alpha value is -0.470. The number of nitrogens with one attached hydrogen (secondary N) is 1. The molecule has 0 aliphatic heterocycles. The lowest BCUT2D eigenvalue weighted by Gasteiger charge is -2.24. The minimum absolute atomic E-state index is 0.462. The molecule has 100 valence electrons. The highest BCUT2D eigenvalue weighted by Crippen LogP contribution is 2.29. The lowest BCUT2D eigenvalue weighted by Crippen LogP contribution is -2.24. The molecule has 0 spiro atoms. The van der Waals surface area contributed by atoms with Crippen LogP contribution in [0.4, 0.5) is 0 Å². The summed E-state index contributed by atoms with van der Waals surface area (Å²) >= 11 is 1.98. The second-order valence-electron chi connectivity index (χ2n) is 6.05. The molecule has 2 heteroatoms. The van der Waals surface area contributed by atoms with E-state index in [0.29, 0.717) is 5.41 Å². The largest absolute Gasteiger partial charge is 0.314 e. The summed E-state index contributed by atoms with van der Waals surface area (Å²) in [5, 5.41) is 3.61. The number of rotatable bonds is 8. The van der Waals surface area contributed by atoms with Gasteiger partial charge in [-0.3, -0.25) is 0 Å². The van der Waals surface area contributed by atoms with Crippen molar-refractivity contribution in [2.24, 2.45) is 5.41 Å². The fourth-order valence-electron chi connectivity index (χ4n) is 1.99. The minimum Gasteiger partial charge on any atom is -0.314 e. The maximum absolute atomic E-state index is 3.61. The summed E-state index contributed by atoms with van der Waals surface area (Å²) in [7, 11) is 0. The van der Waals surface area contributed by atoms with Gasteiger partial charge in [-0.1, -0.05) is 32.0 Å². The van der Waals surface area contributed by atoms with E-state index in [9.17, 15) is 0 Å². The highest BCUT2D eigenvalue weighted by atomic mass is 32.2. The highest BCUT2D eigenvalue weighted by Gasteiger charge is 2.22. The van der Waals surface area contributed by atoms with Gasteiger partial charge < -0.3 is 5.32 Å². The van der Waals surface area contributed by atoms with Gasteiger partial charge >= 0.3 is 0 Å². The molecular formula is C16H25NS. The van der Waals surface area contributed by atoms with Crippen molar-refractivity contribution >= 4 is 11.8 Å². The summed E-state index contributed by atoms with van der Waals surface area (Å²) < 4.78 is 0. The number of benzene rings is 1. The molecule has 0 amide bonds. The van der Waals surface area contributed by atoms with E-state index in [1.165, 1.54) is 42.9 Å². The average Bonchev–Trinajstić information content (AvgIpc) is 3.14. The van der Waals surface area contributed by atoms with Crippen LogP contribution >= 0.6 is 11.8 Å². The van der Waals surface area contributed by atoms with E-state index in [-0.39, 0.29) is 0 Å². The molecule has 0 atom stereocenters. The van der Waals surface area contributed by atoms with Crippen LogP contribution in [0.2, 0.25) is 0 Å². The first-order chi connectivity index (χ1) is 8.66. The third kappa shape index (κ3) is 5.45. The number of hydrogen-bond acceptors (Lipinski definition) is 2. The van der Waals surface area contributed by atoms with E-state index >= 15 is 0 Å². The SMILES string of the molecule is CC(C)(CCNC1CC1)CCSc1ccccc1. The predicted octanol–water partition coefficient (Wildman–Crippen LogP) is 4.34. The summed E-state index contributed by atoms with van der Waals surface area (Å²) in [4.78, 5) is 1.39. The summed E-state index contributed by atoms with van der Waals surface area (Å²) in [6, 6.07) is 11.6. The molecule has 1 nitrogen and oxygen atoms in total. The quantitative estimate of drug-likeness (QED) is 0.700. The summed E-state index contributed by atoms with van der Waals surface area (Å²) in [5.41, 5.74) is 0.462. The number of thioether (sulfide) groups is 1. The maximum Gasteiger partial charge on any atom is 0.00719 e. The summed E-state index contributed by atoms with van der Waals surface area (Å²) in [5.74, 6) is 1.22. The Kier molecular flexibility index (Phi) is 5.13.